The van der Waals surface area contributed by atoms with Gasteiger partial charge in [0, 0.05) is 37.8 Å². The first-order chi connectivity index (χ1) is 13.0. The van der Waals surface area contributed by atoms with Gasteiger partial charge in [-0.2, -0.15) is 27.1 Å². The fourth-order valence-corrected chi connectivity index (χ4v) is 4.04. The third kappa shape index (κ3) is 2.81. The second-order valence-electron chi connectivity index (χ2n) is 7.34. The molecule has 2 aromatic rings. The second-order valence-corrected chi connectivity index (χ2v) is 7.34. The molecule has 2 saturated heterocycles. The van der Waals surface area contributed by atoms with Crippen molar-refractivity contribution in [3.63, 3.8) is 0 Å². The van der Waals surface area contributed by atoms with E-state index in [0.29, 0.717) is 45.2 Å². The molecule has 1 N–H and O–H groups in total. The lowest BCUT2D eigenvalue weighted by atomic mass is 9.86. The summed E-state index contributed by atoms with van der Waals surface area (Å²) in [6.07, 6.45) is -3.62. The number of nitrogens with zero attached hydrogens (tertiary/aromatic N) is 5. The molecule has 7 nitrogen and oxygen atoms in total. The average molecular weight is 405 g/mol. The van der Waals surface area contributed by atoms with Crippen LogP contribution < -0.4 is 4.90 Å². The summed E-state index contributed by atoms with van der Waals surface area (Å²) in [6, 6.07) is 0.756. The predicted molar refractivity (Wildman–Crippen MR) is 86.4 cm³/mol. The summed E-state index contributed by atoms with van der Waals surface area (Å²) in [5.41, 5.74) is -1.42. The van der Waals surface area contributed by atoms with Crippen molar-refractivity contribution in [1.82, 2.24) is 19.5 Å². The van der Waals surface area contributed by atoms with Gasteiger partial charge in [0.05, 0.1) is 5.56 Å². The minimum absolute atomic E-state index is 0.0477. The van der Waals surface area contributed by atoms with Gasteiger partial charge in [0.1, 0.15) is 11.8 Å². The summed E-state index contributed by atoms with van der Waals surface area (Å²) in [5.74, 6) is -4.75. The number of carboxylic acid groups (broad SMARTS) is 1. The Hall–Kier alpha value is -2.66. The summed E-state index contributed by atoms with van der Waals surface area (Å²) < 4.78 is 66.5. The molecule has 0 aromatic carbocycles. The molecule has 0 radical (unpaired) electrons. The zero-order valence-corrected chi connectivity index (χ0v) is 14.5. The number of halogens is 5. The zero-order valence-electron chi connectivity index (χ0n) is 14.5. The van der Waals surface area contributed by atoms with Crippen molar-refractivity contribution >= 4 is 17.4 Å². The van der Waals surface area contributed by atoms with Crippen LogP contribution in [0.3, 0.4) is 0 Å². The Bertz CT molecular complexity index is 930. The lowest BCUT2D eigenvalue weighted by molar-refractivity contribution is -0.289. The van der Waals surface area contributed by atoms with Crippen LogP contribution in [0.2, 0.25) is 0 Å². The Morgan fingerprint density at radius 1 is 1.14 bits per heavy atom. The molecule has 4 rings (SSSR count). The highest BCUT2D eigenvalue weighted by Gasteiger charge is 2.59. The summed E-state index contributed by atoms with van der Waals surface area (Å²) >= 11 is 0. The first-order valence-electron chi connectivity index (χ1n) is 8.54. The van der Waals surface area contributed by atoms with Crippen LogP contribution in [0, 0.1) is 5.41 Å². The Labute approximate surface area is 155 Å². The van der Waals surface area contributed by atoms with Crippen LogP contribution in [-0.2, 0) is 5.92 Å². The molecule has 152 valence electrons. The van der Waals surface area contributed by atoms with Crippen molar-refractivity contribution in [2.45, 2.75) is 24.9 Å². The van der Waals surface area contributed by atoms with Crippen molar-refractivity contribution < 1.29 is 31.9 Å². The lowest BCUT2D eigenvalue weighted by Gasteiger charge is -2.24. The van der Waals surface area contributed by atoms with Gasteiger partial charge < -0.3 is 14.9 Å². The third-order valence-corrected chi connectivity index (χ3v) is 5.55. The third-order valence-electron chi connectivity index (χ3n) is 5.55. The van der Waals surface area contributed by atoms with Gasteiger partial charge >= 0.3 is 18.2 Å². The van der Waals surface area contributed by atoms with Gasteiger partial charge in [0.25, 0.3) is 0 Å². The largest absolute Gasteiger partial charge is 0.465 e. The first kappa shape index (κ1) is 18.7. The minimum Gasteiger partial charge on any atom is -0.465 e. The maximum Gasteiger partial charge on any atom is 0.458 e. The highest BCUT2D eigenvalue weighted by atomic mass is 19.4. The maximum atomic E-state index is 13.7. The maximum absolute atomic E-state index is 13.7. The molecule has 2 fully saturated rings. The van der Waals surface area contributed by atoms with Gasteiger partial charge in [0.2, 0.25) is 0 Å². The van der Waals surface area contributed by atoms with Crippen LogP contribution in [0.1, 0.15) is 18.4 Å². The van der Waals surface area contributed by atoms with E-state index in [1.807, 2.05) is 0 Å². The van der Waals surface area contributed by atoms with E-state index < -0.39 is 23.8 Å². The van der Waals surface area contributed by atoms with Crippen molar-refractivity contribution in [1.29, 1.82) is 0 Å². The lowest BCUT2D eigenvalue weighted by Crippen LogP contribution is -2.33. The van der Waals surface area contributed by atoms with Crippen molar-refractivity contribution in [3.05, 3.63) is 24.2 Å². The van der Waals surface area contributed by atoms with E-state index in [1.165, 1.54) is 4.90 Å². The number of carbonyl (C=O) groups is 1. The van der Waals surface area contributed by atoms with E-state index in [1.54, 1.807) is 4.90 Å². The van der Waals surface area contributed by atoms with E-state index >= 15 is 0 Å². The highest BCUT2D eigenvalue weighted by Crippen LogP contribution is 2.45. The monoisotopic (exact) mass is 405 g/mol. The Morgan fingerprint density at radius 2 is 1.86 bits per heavy atom. The number of hydrogen-bond acceptors (Lipinski definition) is 4. The summed E-state index contributed by atoms with van der Waals surface area (Å²) in [5, 5.41) is 12.9. The van der Waals surface area contributed by atoms with Gasteiger partial charge in [0.15, 0.2) is 5.82 Å². The molecule has 0 aliphatic carbocycles. The standard InChI is InChI=1S/C16H16F5N5O2/c17-15(18,16(19,20)21)10-5-11-12(22-9-23-26(11)6-10)24-3-1-14(7-24)2-4-25(8-14)13(27)28/h5-6,9H,1-4,7-8H2,(H,27,28). The molecular weight excluding hydrogens is 389 g/mol. The average Bonchev–Trinajstić information content (AvgIpc) is 3.32. The Morgan fingerprint density at radius 3 is 2.50 bits per heavy atom. The SMILES string of the molecule is O=C(O)N1CCC2(CCN(c3ncnn4cc(C(F)(F)C(F)(F)F)cc34)C2)C1. The minimum atomic E-state index is -5.71. The van der Waals surface area contributed by atoms with Crippen molar-refractivity contribution in [3.8, 4) is 0 Å². The second kappa shape index (κ2) is 5.92. The summed E-state index contributed by atoms with van der Waals surface area (Å²) in [7, 11) is 0. The van der Waals surface area contributed by atoms with E-state index in [9.17, 15) is 26.7 Å². The zero-order chi connectivity index (χ0) is 20.3. The number of amides is 1. The molecule has 1 spiro atoms. The molecule has 0 saturated carbocycles. The van der Waals surface area contributed by atoms with Crippen LogP contribution in [0.5, 0.6) is 0 Å². The number of hydrogen-bond donors (Lipinski definition) is 1. The quantitative estimate of drug-likeness (QED) is 0.778. The van der Waals surface area contributed by atoms with Crippen molar-refractivity contribution in [2.75, 3.05) is 31.1 Å². The molecule has 1 unspecified atom stereocenters. The van der Waals surface area contributed by atoms with E-state index in [2.05, 4.69) is 10.1 Å². The topological polar surface area (TPSA) is 74.0 Å². The molecule has 2 aromatic heterocycles. The van der Waals surface area contributed by atoms with E-state index in [-0.39, 0.29) is 16.7 Å². The van der Waals surface area contributed by atoms with Gasteiger partial charge in [-0.15, -0.1) is 0 Å². The number of rotatable bonds is 2. The van der Waals surface area contributed by atoms with Gasteiger partial charge in [-0.25, -0.2) is 14.3 Å². The molecule has 12 heteroatoms. The Kier molecular flexibility index (Phi) is 3.95. The number of likely N-dealkylation sites (tertiary alicyclic amines) is 1. The fraction of sp³-hybridized carbons (Fsp3) is 0.562. The van der Waals surface area contributed by atoms with Gasteiger partial charge in [-0.1, -0.05) is 0 Å². The normalized spacial score (nSPS) is 23.3. The van der Waals surface area contributed by atoms with Crippen LogP contribution in [-0.4, -0.2) is 63.1 Å². The molecule has 0 bridgehead atoms. The molecule has 2 aliphatic heterocycles. The van der Waals surface area contributed by atoms with Crippen LogP contribution in [0.15, 0.2) is 18.6 Å². The molecule has 4 heterocycles. The number of anilines is 1. The van der Waals surface area contributed by atoms with Gasteiger partial charge in [-0.3, -0.25) is 0 Å². The first-order valence-corrected chi connectivity index (χ1v) is 8.54. The number of aromatic nitrogens is 3. The molecular formula is C16H16F5N5O2. The predicted octanol–water partition coefficient (Wildman–Crippen LogP) is 2.96. The van der Waals surface area contributed by atoms with E-state index in [4.69, 9.17) is 5.11 Å². The number of alkyl halides is 5. The van der Waals surface area contributed by atoms with E-state index in [0.717, 1.165) is 16.9 Å². The van der Waals surface area contributed by atoms with Crippen LogP contribution >= 0.6 is 0 Å². The molecule has 1 amide bonds. The summed E-state index contributed by atoms with van der Waals surface area (Å²) in [6.45, 7) is 1.71. The van der Waals surface area contributed by atoms with Crippen LogP contribution in [0.25, 0.3) is 5.52 Å². The molecule has 1 atom stereocenters. The number of fused-ring (bicyclic) bond motifs is 1. The smallest absolute Gasteiger partial charge is 0.458 e. The Balaban J connectivity index is 1.65. The van der Waals surface area contributed by atoms with Crippen molar-refractivity contribution in [2.24, 2.45) is 5.41 Å². The fourth-order valence-electron chi connectivity index (χ4n) is 4.04. The molecule has 2 aliphatic rings. The van der Waals surface area contributed by atoms with Crippen LogP contribution in [0.4, 0.5) is 32.6 Å². The summed E-state index contributed by atoms with van der Waals surface area (Å²) in [4.78, 5) is 18.4. The molecule has 28 heavy (non-hydrogen) atoms. The highest BCUT2D eigenvalue weighted by molar-refractivity contribution is 5.71. The van der Waals surface area contributed by atoms with Gasteiger partial charge in [-0.05, 0) is 18.9 Å².